The van der Waals surface area contributed by atoms with E-state index in [1.165, 1.54) is 15.4 Å². The van der Waals surface area contributed by atoms with E-state index in [2.05, 4.69) is 21.6 Å². The van der Waals surface area contributed by atoms with Gasteiger partial charge in [0.2, 0.25) is 21.8 Å². The van der Waals surface area contributed by atoms with Crippen molar-refractivity contribution >= 4 is 33.4 Å². The van der Waals surface area contributed by atoms with Crippen molar-refractivity contribution in [1.82, 2.24) is 14.5 Å². The summed E-state index contributed by atoms with van der Waals surface area (Å²) in [5.41, 5.74) is 3.99. The predicted molar refractivity (Wildman–Crippen MR) is 130 cm³/mol. The number of aryl methyl sites for hydroxylation is 2. The number of amides is 1. The van der Waals surface area contributed by atoms with Gasteiger partial charge in [0, 0.05) is 24.3 Å². The summed E-state index contributed by atoms with van der Waals surface area (Å²) in [5, 5.41) is 11.2. The number of hydrogen-bond acceptors (Lipinski definition) is 7. The van der Waals surface area contributed by atoms with Gasteiger partial charge >= 0.3 is 0 Å². The number of rotatable bonds is 7. The molecule has 3 aromatic rings. The second-order valence-electron chi connectivity index (χ2n) is 8.54. The number of benzene rings is 2. The molecule has 0 saturated carbocycles. The first-order valence-corrected chi connectivity index (χ1v) is 13.9. The summed E-state index contributed by atoms with van der Waals surface area (Å²) in [6, 6.07) is 12.6. The highest BCUT2D eigenvalue weighted by molar-refractivity contribution is 7.99. The lowest BCUT2D eigenvalue weighted by Crippen LogP contribution is -2.35. The van der Waals surface area contributed by atoms with Crippen molar-refractivity contribution < 1.29 is 17.6 Å². The van der Waals surface area contributed by atoms with E-state index in [1.807, 2.05) is 12.1 Å². The minimum absolute atomic E-state index is 0.127. The maximum atomic E-state index is 13.0. The molecule has 178 valence electrons. The quantitative estimate of drug-likeness (QED) is 0.488. The van der Waals surface area contributed by atoms with Crippen LogP contribution in [-0.4, -0.2) is 47.7 Å². The number of thioether (sulfide) groups is 1. The average molecular weight is 499 g/mol. The second-order valence-corrected chi connectivity index (χ2v) is 11.4. The van der Waals surface area contributed by atoms with E-state index in [9.17, 15) is 13.2 Å². The third kappa shape index (κ3) is 5.03. The standard InChI is InChI=1S/C24H26N4O4S2/c29-22(25-20-11-10-17-6-4-7-18(17)14-20)16-33-24-27-26-23(32-24)19-8-5-9-21(15-19)34(30,31)28-12-2-1-3-13-28/h5,8-11,14-15H,1-4,6-7,12-13,16H2,(H,25,29). The molecule has 2 aromatic carbocycles. The molecule has 1 aliphatic carbocycles. The fraction of sp³-hybridized carbons (Fsp3) is 0.375. The number of carbonyl (C=O) groups excluding carboxylic acids is 1. The predicted octanol–water partition coefficient (Wildman–Crippen LogP) is 4.13. The third-order valence-corrected chi connectivity index (χ3v) is 8.86. The van der Waals surface area contributed by atoms with Crippen LogP contribution in [0.25, 0.3) is 11.5 Å². The van der Waals surface area contributed by atoms with Crippen molar-refractivity contribution in [3.8, 4) is 11.5 Å². The molecule has 0 bridgehead atoms. The number of aromatic nitrogens is 2. The van der Waals surface area contributed by atoms with Crippen molar-refractivity contribution in [1.29, 1.82) is 0 Å². The van der Waals surface area contributed by atoms with E-state index in [0.29, 0.717) is 18.7 Å². The lowest BCUT2D eigenvalue weighted by atomic mass is 10.1. The lowest BCUT2D eigenvalue weighted by Gasteiger charge is -2.25. The number of anilines is 1. The molecule has 2 aliphatic rings. The molecule has 1 N–H and O–H groups in total. The molecule has 1 aromatic heterocycles. The Morgan fingerprint density at radius 3 is 2.68 bits per heavy atom. The molecule has 2 heterocycles. The number of sulfonamides is 1. The normalized spacial score (nSPS) is 16.4. The van der Waals surface area contributed by atoms with E-state index in [4.69, 9.17) is 4.42 Å². The zero-order valence-electron chi connectivity index (χ0n) is 18.7. The van der Waals surface area contributed by atoms with Gasteiger partial charge in [0.1, 0.15) is 0 Å². The molecule has 1 aliphatic heterocycles. The van der Waals surface area contributed by atoms with Gasteiger partial charge in [-0.1, -0.05) is 30.3 Å². The minimum Gasteiger partial charge on any atom is -0.411 e. The third-order valence-electron chi connectivity index (χ3n) is 6.15. The smallest absolute Gasteiger partial charge is 0.277 e. The van der Waals surface area contributed by atoms with Gasteiger partial charge < -0.3 is 9.73 Å². The van der Waals surface area contributed by atoms with E-state index >= 15 is 0 Å². The van der Waals surface area contributed by atoms with Gasteiger partial charge in [-0.2, -0.15) is 4.31 Å². The molecule has 1 saturated heterocycles. The van der Waals surface area contributed by atoms with Gasteiger partial charge in [0.25, 0.3) is 5.22 Å². The molecule has 0 spiro atoms. The van der Waals surface area contributed by atoms with Crippen LogP contribution in [0.5, 0.6) is 0 Å². The van der Waals surface area contributed by atoms with Gasteiger partial charge in [-0.05, 0) is 73.6 Å². The number of nitrogens with zero attached hydrogens (tertiary/aromatic N) is 3. The maximum absolute atomic E-state index is 13.0. The largest absolute Gasteiger partial charge is 0.411 e. The molecular weight excluding hydrogens is 472 g/mol. The van der Waals surface area contributed by atoms with Crippen molar-refractivity contribution in [3.05, 3.63) is 53.6 Å². The van der Waals surface area contributed by atoms with Crippen LogP contribution in [0.1, 0.15) is 36.8 Å². The minimum atomic E-state index is -3.56. The number of carbonyl (C=O) groups is 1. The molecule has 1 fully saturated rings. The highest BCUT2D eigenvalue weighted by Gasteiger charge is 2.26. The fourth-order valence-electron chi connectivity index (χ4n) is 4.40. The molecule has 10 heteroatoms. The van der Waals surface area contributed by atoms with Gasteiger partial charge in [-0.25, -0.2) is 8.42 Å². The molecule has 0 radical (unpaired) electrons. The van der Waals surface area contributed by atoms with Crippen LogP contribution in [0.2, 0.25) is 0 Å². The molecule has 8 nitrogen and oxygen atoms in total. The van der Waals surface area contributed by atoms with Gasteiger partial charge in [0.05, 0.1) is 10.6 Å². The monoisotopic (exact) mass is 498 g/mol. The van der Waals surface area contributed by atoms with Crippen molar-refractivity contribution in [2.45, 2.75) is 48.6 Å². The second kappa shape index (κ2) is 9.89. The van der Waals surface area contributed by atoms with Gasteiger partial charge in [-0.3, -0.25) is 4.79 Å². The Labute approximate surface area is 203 Å². The van der Waals surface area contributed by atoms with Crippen LogP contribution in [-0.2, 0) is 27.7 Å². The molecule has 34 heavy (non-hydrogen) atoms. The first-order chi connectivity index (χ1) is 16.5. The summed E-state index contributed by atoms with van der Waals surface area (Å²) < 4.78 is 33.2. The zero-order chi connectivity index (χ0) is 23.5. The summed E-state index contributed by atoms with van der Waals surface area (Å²) in [5.74, 6) is 0.191. The Morgan fingerprint density at radius 1 is 1.00 bits per heavy atom. The van der Waals surface area contributed by atoms with Crippen LogP contribution in [0, 0.1) is 0 Å². The Morgan fingerprint density at radius 2 is 1.82 bits per heavy atom. The SMILES string of the molecule is O=C(CSc1nnc(-c2cccc(S(=O)(=O)N3CCCCC3)c2)o1)Nc1ccc2c(c1)CCC2. The van der Waals surface area contributed by atoms with E-state index in [-0.39, 0.29) is 27.7 Å². The molecule has 5 rings (SSSR count). The molecule has 1 amide bonds. The van der Waals surface area contributed by atoms with Gasteiger partial charge in [0.15, 0.2) is 0 Å². The molecular formula is C24H26N4O4S2. The van der Waals surface area contributed by atoms with Crippen LogP contribution in [0.3, 0.4) is 0 Å². The van der Waals surface area contributed by atoms with E-state index < -0.39 is 10.0 Å². The summed E-state index contributed by atoms with van der Waals surface area (Å²) in [4.78, 5) is 12.6. The highest BCUT2D eigenvalue weighted by atomic mass is 32.2. The summed E-state index contributed by atoms with van der Waals surface area (Å²) in [6.07, 6.45) is 6.13. The zero-order valence-corrected chi connectivity index (χ0v) is 20.3. The Kier molecular flexibility index (Phi) is 6.71. The maximum Gasteiger partial charge on any atom is 0.277 e. The summed E-state index contributed by atoms with van der Waals surface area (Å²) in [6.45, 7) is 1.09. The first kappa shape index (κ1) is 23.1. The summed E-state index contributed by atoms with van der Waals surface area (Å²) in [7, 11) is -3.56. The van der Waals surface area contributed by atoms with Crippen LogP contribution >= 0.6 is 11.8 Å². The molecule has 0 unspecified atom stereocenters. The van der Waals surface area contributed by atoms with Gasteiger partial charge in [-0.15, -0.1) is 10.2 Å². The number of nitrogens with one attached hydrogen (secondary N) is 1. The Bertz CT molecular complexity index is 1300. The number of hydrogen-bond donors (Lipinski definition) is 1. The number of fused-ring (bicyclic) bond motifs is 1. The van der Waals surface area contributed by atoms with E-state index in [1.54, 1.807) is 24.3 Å². The van der Waals surface area contributed by atoms with Crippen LogP contribution < -0.4 is 5.32 Å². The first-order valence-electron chi connectivity index (χ1n) is 11.5. The lowest BCUT2D eigenvalue weighted by molar-refractivity contribution is -0.113. The van der Waals surface area contributed by atoms with Crippen molar-refractivity contribution in [2.75, 3.05) is 24.2 Å². The topological polar surface area (TPSA) is 105 Å². The summed E-state index contributed by atoms with van der Waals surface area (Å²) >= 11 is 1.14. The Balaban J connectivity index is 1.22. The fourth-order valence-corrected chi connectivity index (χ4v) is 6.53. The molecule has 0 atom stereocenters. The highest BCUT2D eigenvalue weighted by Crippen LogP contribution is 2.28. The van der Waals surface area contributed by atoms with Crippen LogP contribution in [0.15, 0.2) is 57.0 Å². The average Bonchev–Trinajstić information content (AvgIpc) is 3.53. The van der Waals surface area contributed by atoms with Crippen molar-refractivity contribution in [3.63, 3.8) is 0 Å². The van der Waals surface area contributed by atoms with E-state index in [0.717, 1.165) is 56.0 Å². The number of piperidine rings is 1. The van der Waals surface area contributed by atoms with Crippen LogP contribution in [0.4, 0.5) is 5.69 Å². The van der Waals surface area contributed by atoms with Crippen molar-refractivity contribution in [2.24, 2.45) is 0 Å². The Hall–Kier alpha value is -2.69.